The van der Waals surface area contributed by atoms with E-state index in [0.717, 1.165) is 5.69 Å². The number of aromatic nitrogens is 1. The van der Waals surface area contributed by atoms with E-state index in [1.807, 2.05) is 13.1 Å². The van der Waals surface area contributed by atoms with Crippen LogP contribution in [0.4, 0.5) is 0 Å². The Morgan fingerprint density at radius 3 is 2.84 bits per heavy atom. The van der Waals surface area contributed by atoms with E-state index in [1.165, 1.54) is 16.5 Å². The highest BCUT2D eigenvalue weighted by molar-refractivity contribution is 5.84. The largest absolute Gasteiger partial charge is 0.465 e. The van der Waals surface area contributed by atoms with Crippen molar-refractivity contribution in [2.75, 3.05) is 6.61 Å². The predicted molar refractivity (Wildman–Crippen MR) is 76.0 cm³/mol. The van der Waals surface area contributed by atoms with E-state index in [-0.39, 0.29) is 5.97 Å². The highest BCUT2D eigenvalue weighted by atomic mass is 16.5. The van der Waals surface area contributed by atoms with Crippen molar-refractivity contribution in [2.24, 2.45) is 12.8 Å². The highest BCUT2D eigenvalue weighted by Crippen LogP contribution is 2.22. The second kappa shape index (κ2) is 5.45. The summed E-state index contributed by atoms with van der Waals surface area (Å²) in [6.07, 6.45) is 0.490. The summed E-state index contributed by atoms with van der Waals surface area (Å²) in [5.41, 5.74) is 9.33. The minimum atomic E-state index is -0.608. The molecule has 0 saturated carbocycles. The number of ether oxygens (including phenoxy) is 1. The number of para-hydroxylation sites is 1. The maximum atomic E-state index is 11.6. The molecule has 0 saturated heterocycles. The van der Waals surface area contributed by atoms with Crippen LogP contribution in [-0.4, -0.2) is 23.2 Å². The molecule has 102 valence electrons. The third kappa shape index (κ3) is 2.63. The van der Waals surface area contributed by atoms with Crippen molar-refractivity contribution in [1.29, 1.82) is 0 Å². The number of fused-ring (bicyclic) bond motifs is 1. The molecule has 4 heteroatoms. The Morgan fingerprint density at radius 1 is 1.47 bits per heavy atom. The third-order valence-corrected chi connectivity index (χ3v) is 3.38. The highest BCUT2D eigenvalue weighted by Gasteiger charge is 2.18. The minimum Gasteiger partial charge on any atom is -0.465 e. The molecule has 2 N–H and O–H groups in total. The van der Waals surface area contributed by atoms with Crippen LogP contribution in [-0.2, 0) is 23.0 Å². The van der Waals surface area contributed by atoms with E-state index in [2.05, 4.69) is 29.7 Å². The molecule has 1 aromatic heterocycles. The van der Waals surface area contributed by atoms with Crippen molar-refractivity contribution in [1.82, 2.24) is 4.57 Å². The summed E-state index contributed by atoms with van der Waals surface area (Å²) in [6.45, 7) is 4.23. The van der Waals surface area contributed by atoms with Crippen LogP contribution in [0.3, 0.4) is 0 Å². The third-order valence-electron chi connectivity index (χ3n) is 3.38. The topological polar surface area (TPSA) is 57.2 Å². The molecule has 0 fully saturated rings. The van der Waals surface area contributed by atoms with Crippen molar-refractivity contribution < 1.29 is 9.53 Å². The molecule has 0 radical (unpaired) electrons. The number of rotatable bonds is 4. The number of esters is 1. The summed E-state index contributed by atoms with van der Waals surface area (Å²) >= 11 is 0. The van der Waals surface area contributed by atoms with E-state index < -0.39 is 6.04 Å². The summed E-state index contributed by atoms with van der Waals surface area (Å²) in [7, 11) is 2.00. The van der Waals surface area contributed by atoms with Crippen LogP contribution >= 0.6 is 0 Å². The fourth-order valence-electron chi connectivity index (χ4n) is 2.43. The molecule has 4 nitrogen and oxygen atoms in total. The van der Waals surface area contributed by atoms with Crippen molar-refractivity contribution in [3.05, 3.63) is 35.5 Å². The van der Waals surface area contributed by atoms with Crippen LogP contribution in [0.2, 0.25) is 0 Å². The fraction of sp³-hybridized carbons (Fsp3) is 0.400. The van der Waals surface area contributed by atoms with Gasteiger partial charge in [0, 0.05) is 24.5 Å². The van der Waals surface area contributed by atoms with Gasteiger partial charge in [0.05, 0.1) is 12.1 Å². The molecule has 1 heterocycles. The molecular formula is C15H20N2O2. The molecule has 0 bridgehead atoms. The molecule has 1 unspecified atom stereocenters. The number of carbonyl (C=O) groups is 1. The molecule has 1 aromatic carbocycles. The Labute approximate surface area is 113 Å². The Morgan fingerprint density at radius 2 is 2.21 bits per heavy atom. The average molecular weight is 260 g/mol. The first kappa shape index (κ1) is 13.6. The fourth-order valence-corrected chi connectivity index (χ4v) is 2.43. The summed E-state index contributed by atoms with van der Waals surface area (Å²) in [4.78, 5) is 11.6. The Kier molecular flexibility index (Phi) is 3.90. The monoisotopic (exact) mass is 260 g/mol. The number of hydrogen-bond donors (Lipinski definition) is 1. The molecule has 2 rings (SSSR count). The molecule has 2 aromatic rings. The van der Waals surface area contributed by atoms with Gasteiger partial charge < -0.3 is 15.0 Å². The van der Waals surface area contributed by atoms with Crippen molar-refractivity contribution in [3.63, 3.8) is 0 Å². The van der Waals surface area contributed by atoms with Gasteiger partial charge in [0.1, 0.15) is 6.04 Å². The number of carbonyl (C=O) groups excluding carboxylic acids is 1. The summed E-state index contributed by atoms with van der Waals surface area (Å²) in [5, 5.41) is 1.17. The molecule has 0 aliphatic rings. The average Bonchev–Trinajstić information content (AvgIpc) is 2.68. The standard InChI is InChI=1S/C15H20N2O2/c1-4-19-15(18)13(16)9-12-8-11-7-5-6-10(2)14(11)17(12)3/h5-8,13H,4,9,16H2,1-3H3. The second-order valence-corrected chi connectivity index (χ2v) is 4.77. The lowest BCUT2D eigenvalue weighted by Gasteiger charge is -2.11. The smallest absolute Gasteiger partial charge is 0.323 e. The first-order chi connectivity index (χ1) is 9.04. The van der Waals surface area contributed by atoms with Crippen LogP contribution in [0.15, 0.2) is 24.3 Å². The van der Waals surface area contributed by atoms with Crippen LogP contribution in [0, 0.1) is 6.92 Å². The Bertz CT molecular complexity index is 601. The second-order valence-electron chi connectivity index (χ2n) is 4.77. The molecule has 0 aliphatic heterocycles. The van der Waals surface area contributed by atoms with E-state index in [0.29, 0.717) is 13.0 Å². The zero-order valence-corrected chi connectivity index (χ0v) is 11.6. The quantitative estimate of drug-likeness (QED) is 0.854. The maximum Gasteiger partial charge on any atom is 0.323 e. The molecule has 0 spiro atoms. The van der Waals surface area contributed by atoms with Crippen LogP contribution in [0.25, 0.3) is 10.9 Å². The van der Waals surface area contributed by atoms with Crippen LogP contribution < -0.4 is 5.73 Å². The zero-order valence-electron chi connectivity index (χ0n) is 11.6. The molecule has 0 aliphatic carbocycles. The van der Waals surface area contributed by atoms with Gasteiger partial charge in [0.2, 0.25) is 0 Å². The van der Waals surface area contributed by atoms with Gasteiger partial charge >= 0.3 is 5.97 Å². The SMILES string of the molecule is CCOC(=O)C(N)Cc1cc2cccc(C)c2n1C. The van der Waals surface area contributed by atoms with E-state index in [9.17, 15) is 4.79 Å². The van der Waals surface area contributed by atoms with Crippen LogP contribution in [0.1, 0.15) is 18.2 Å². The van der Waals surface area contributed by atoms with Crippen molar-refractivity contribution in [2.45, 2.75) is 26.3 Å². The Balaban J connectivity index is 2.29. The van der Waals surface area contributed by atoms with E-state index in [1.54, 1.807) is 6.92 Å². The van der Waals surface area contributed by atoms with Crippen molar-refractivity contribution >= 4 is 16.9 Å². The number of hydrogen-bond acceptors (Lipinski definition) is 3. The van der Waals surface area contributed by atoms with Gasteiger partial charge in [-0.25, -0.2) is 0 Å². The molecule has 1 atom stereocenters. The van der Waals surface area contributed by atoms with Crippen molar-refractivity contribution in [3.8, 4) is 0 Å². The molecular weight excluding hydrogens is 240 g/mol. The normalized spacial score (nSPS) is 12.6. The first-order valence-corrected chi connectivity index (χ1v) is 6.50. The van der Waals surface area contributed by atoms with E-state index >= 15 is 0 Å². The number of aryl methyl sites for hydroxylation is 2. The number of benzene rings is 1. The minimum absolute atomic E-state index is 0.343. The van der Waals surface area contributed by atoms with Gasteiger partial charge in [0.15, 0.2) is 0 Å². The summed E-state index contributed by atoms with van der Waals surface area (Å²) < 4.78 is 7.04. The summed E-state index contributed by atoms with van der Waals surface area (Å²) in [5.74, 6) is -0.343. The predicted octanol–water partition coefficient (Wildman–Crippen LogP) is 1.92. The van der Waals surface area contributed by atoms with Gasteiger partial charge in [-0.1, -0.05) is 18.2 Å². The number of nitrogens with zero attached hydrogens (tertiary/aromatic N) is 1. The zero-order chi connectivity index (χ0) is 14.0. The Hall–Kier alpha value is -1.81. The lowest BCUT2D eigenvalue weighted by Crippen LogP contribution is -2.34. The molecule has 19 heavy (non-hydrogen) atoms. The van der Waals surface area contributed by atoms with Gasteiger partial charge in [-0.05, 0) is 25.5 Å². The van der Waals surface area contributed by atoms with E-state index in [4.69, 9.17) is 10.5 Å². The molecule has 0 amide bonds. The van der Waals surface area contributed by atoms with Gasteiger partial charge in [0.25, 0.3) is 0 Å². The van der Waals surface area contributed by atoms with Crippen LogP contribution in [0.5, 0.6) is 0 Å². The number of nitrogens with two attached hydrogens (primary N) is 1. The van der Waals surface area contributed by atoms with Gasteiger partial charge in [-0.15, -0.1) is 0 Å². The first-order valence-electron chi connectivity index (χ1n) is 6.50. The lowest BCUT2D eigenvalue weighted by atomic mass is 10.1. The summed E-state index contributed by atoms with van der Waals surface area (Å²) in [6, 6.07) is 7.66. The van der Waals surface area contributed by atoms with Gasteiger partial charge in [-0.3, -0.25) is 4.79 Å². The lowest BCUT2D eigenvalue weighted by molar-refractivity contribution is -0.144. The maximum absolute atomic E-state index is 11.6. The van der Waals surface area contributed by atoms with Gasteiger partial charge in [-0.2, -0.15) is 0 Å².